The van der Waals surface area contributed by atoms with Gasteiger partial charge in [0.15, 0.2) is 0 Å². The molecule has 1 fully saturated rings. The van der Waals surface area contributed by atoms with Crippen molar-refractivity contribution < 1.29 is 19.4 Å². The molecule has 2 heterocycles. The first-order valence-corrected chi connectivity index (χ1v) is 7.72. The largest absolute Gasteiger partial charge is 0.481 e. The lowest BCUT2D eigenvalue weighted by Gasteiger charge is -2.34. The number of nitrogens with zero attached hydrogens (tertiary/aromatic N) is 1. The molecule has 0 spiro atoms. The van der Waals surface area contributed by atoms with Gasteiger partial charge in [-0.05, 0) is 18.2 Å². The van der Waals surface area contributed by atoms with Crippen molar-refractivity contribution in [2.75, 3.05) is 19.8 Å². The minimum Gasteiger partial charge on any atom is -0.481 e. The molecule has 1 amide bonds. The Kier molecular flexibility index (Phi) is 4.17. The molecule has 1 unspecified atom stereocenters. The number of hydrogen-bond donors (Lipinski definition) is 2. The Balaban J connectivity index is 1.87. The van der Waals surface area contributed by atoms with Crippen LogP contribution in [0.5, 0.6) is 0 Å². The van der Waals surface area contributed by atoms with E-state index in [0.29, 0.717) is 18.8 Å². The third kappa shape index (κ3) is 3.00. The molecule has 0 bridgehead atoms. The Bertz CT molecular complexity index is 727. The number of hydrogen-bond acceptors (Lipinski definition) is 3. The monoisotopic (exact) mass is 366 g/mol. The summed E-state index contributed by atoms with van der Waals surface area (Å²) in [5, 5.41) is 9.91. The SMILES string of the molecule is O=C(O)CC1COCCN1C(=O)c1cc2ccc(Br)cc2[nH]1. The maximum absolute atomic E-state index is 12.7. The lowest BCUT2D eigenvalue weighted by atomic mass is 10.1. The molecule has 0 saturated carbocycles. The van der Waals surface area contributed by atoms with Crippen LogP contribution in [-0.4, -0.2) is 52.7 Å². The van der Waals surface area contributed by atoms with Crippen molar-refractivity contribution in [2.45, 2.75) is 12.5 Å². The lowest BCUT2D eigenvalue weighted by Crippen LogP contribution is -2.49. The molecule has 1 aromatic heterocycles. The second-order valence-corrected chi connectivity index (χ2v) is 6.16. The summed E-state index contributed by atoms with van der Waals surface area (Å²) < 4.78 is 6.23. The van der Waals surface area contributed by atoms with Crippen LogP contribution in [0.1, 0.15) is 16.9 Å². The fourth-order valence-electron chi connectivity index (χ4n) is 2.66. The van der Waals surface area contributed by atoms with Crippen LogP contribution >= 0.6 is 15.9 Å². The van der Waals surface area contributed by atoms with Crippen molar-refractivity contribution in [3.8, 4) is 0 Å². The second kappa shape index (κ2) is 6.10. The Morgan fingerprint density at radius 3 is 3.00 bits per heavy atom. The van der Waals surface area contributed by atoms with Gasteiger partial charge in [0, 0.05) is 21.9 Å². The molecule has 7 heteroatoms. The molecule has 1 aliphatic rings. The van der Waals surface area contributed by atoms with Crippen LogP contribution in [-0.2, 0) is 9.53 Å². The second-order valence-electron chi connectivity index (χ2n) is 5.24. The molecular weight excluding hydrogens is 352 g/mol. The minimum absolute atomic E-state index is 0.114. The number of fused-ring (bicyclic) bond motifs is 1. The van der Waals surface area contributed by atoms with Crippen LogP contribution in [0.15, 0.2) is 28.7 Å². The fraction of sp³-hybridized carbons (Fsp3) is 0.333. The standard InChI is InChI=1S/C15H15BrN2O4/c16-10-2-1-9-5-13(17-12(9)6-10)15(21)18-3-4-22-8-11(18)7-14(19)20/h1-2,5-6,11,17H,3-4,7-8H2,(H,19,20). The predicted molar refractivity (Wildman–Crippen MR) is 83.9 cm³/mol. The summed E-state index contributed by atoms with van der Waals surface area (Å²) in [6, 6.07) is 7.09. The van der Waals surface area contributed by atoms with Crippen LogP contribution in [0.2, 0.25) is 0 Å². The molecule has 2 aromatic rings. The van der Waals surface area contributed by atoms with Crippen molar-refractivity contribution in [3.05, 3.63) is 34.4 Å². The van der Waals surface area contributed by atoms with Crippen LogP contribution in [0.3, 0.4) is 0 Å². The van der Waals surface area contributed by atoms with Crippen molar-refractivity contribution >= 4 is 38.7 Å². The molecule has 1 atom stereocenters. The number of carbonyl (C=O) groups is 2. The number of amides is 1. The summed E-state index contributed by atoms with van der Waals surface area (Å²) in [6.45, 7) is 1.08. The number of morpholine rings is 1. The van der Waals surface area contributed by atoms with E-state index in [2.05, 4.69) is 20.9 Å². The first-order valence-electron chi connectivity index (χ1n) is 6.93. The average Bonchev–Trinajstić information content (AvgIpc) is 2.89. The number of halogens is 1. The fourth-order valence-corrected chi connectivity index (χ4v) is 3.02. The number of aliphatic carboxylic acids is 1. The number of benzene rings is 1. The van der Waals surface area contributed by atoms with Crippen molar-refractivity contribution in [2.24, 2.45) is 0 Å². The van der Waals surface area contributed by atoms with Gasteiger partial charge in [-0.25, -0.2) is 0 Å². The quantitative estimate of drug-likeness (QED) is 0.872. The van der Waals surface area contributed by atoms with Crippen LogP contribution in [0.25, 0.3) is 10.9 Å². The van der Waals surface area contributed by atoms with Gasteiger partial charge >= 0.3 is 5.97 Å². The van der Waals surface area contributed by atoms with E-state index in [1.807, 2.05) is 18.2 Å². The summed E-state index contributed by atoms with van der Waals surface area (Å²) in [5.41, 5.74) is 1.33. The summed E-state index contributed by atoms with van der Waals surface area (Å²) in [6.07, 6.45) is -0.114. The molecular formula is C15H15BrN2O4. The summed E-state index contributed by atoms with van der Waals surface area (Å²) in [4.78, 5) is 28.3. The Morgan fingerprint density at radius 1 is 1.41 bits per heavy atom. The zero-order valence-electron chi connectivity index (χ0n) is 11.7. The number of carboxylic acids is 1. The molecule has 0 radical (unpaired) electrons. The van der Waals surface area contributed by atoms with Gasteiger partial charge in [0.1, 0.15) is 5.69 Å². The van der Waals surface area contributed by atoms with E-state index in [9.17, 15) is 9.59 Å². The van der Waals surface area contributed by atoms with Crippen LogP contribution < -0.4 is 0 Å². The lowest BCUT2D eigenvalue weighted by molar-refractivity contribution is -0.139. The van der Waals surface area contributed by atoms with Gasteiger partial charge in [-0.3, -0.25) is 9.59 Å². The number of ether oxygens (including phenoxy) is 1. The predicted octanol–water partition coefficient (Wildman–Crippen LogP) is 2.25. The molecule has 2 N–H and O–H groups in total. The molecule has 1 aliphatic heterocycles. The van der Waals surface area contributed by atoms with E-state index in [4.69, 9.17) is 9.84 Å². The first-order chi connectivity index (χ1) is 10.5. The third-order valence-corrected chi connectivity index (χ3v) is 4.21. The van der Waals surface area contributed by atoms with Gasteiger partial charge in [0.25, 0.3) is 5.91 Å². The number of carboxylic acid groups (broad SMARTS) is 1. The van der Waals surface area contributed by atoms with E-state index < -0.39 is 12.0 Å². The normalized spacial score (nSPS) is 18.6. The molecule has 1 aromatic carbocycles. The highest BCUT2D eigenvalue weighted by Gasteiger charge is 2.30. The van der Waals surface area contributed by atoms with Crippen LogP contribution in [0.4, 0.5) is 0 Å². The maximum atomic E-state index is 12.7. The molecule has 3 rings (SSSR count). The van der Waals surface area contributed by atoms with E-state index in [1.165, 1.54) is 0 Å². The summed E-state index contributed by atoms with van der Waals surface area (Å²) in [5.74, 6) is -1.13. The number of rotatable bonds is 3. The molecule has 6 nitrogen and oxygen atoms in total. The van der Waals surface area contributed by atoms with Gasteiger partial charge in [-0.2, -0.15) is 0 Å². The average molecular weight is 367 g/mol. The Morgan fingerprint density at radius 2 is 2.23 bits per heavy atom. The number of carbonyl (C=O) groups excluding carboxylic acids is 1. The smallest absolute Gasteiger partial charge is 0.305 e. The molecule has 22 heavy (non-hydrogen) atoms. The van der Waals surface area contributed by atoms with E-state index in [0.717, 1.165) is 15.4 Å². The maximum Gasteiger partial charge on any atom is 0.305 e. The van der Waals surface area contributed by atoms with Gasteiger partial charge in [-0.1, -0.05) is 22.0 Å². The summed E-state index contributed by atoms with van der Waals surface area (Å²) in [7, 11) is 0. The Labute approximate surface area is 135 Å². The first kappa shape index (κ1) is 15.1. The van der Waals surface area contributed by atoms with Gasteiger partial charge in [-0.15, -0.1) is 0 Å². The van der Waals surface area contributed by atoms with Crippen molar-refractivity contribution in [3.63, 3.8) is 0 Å². The van der Waals surface area contributed by atoms with E-state index in [-0.39, 0.29) is 18.9 Å². The third-order valence-electron chi connectivity index (χ3n) is 3.71. The van der Waals surface area contributed by atoms with Crippen molar-refractivity contribution in [1.82, 2.24) is 9.88 Å². The van der Waals surface area contributed by atoms with Gasteiger partial charge in [0.2, 0.25) is 0 Å². The highest BCUT2D eigenvalue weighted by Crippen LogP contribution is 2.22. The molecule has 0 aliphatic carbocycles. The van der Waals surface area contributed by atoms with Crippen LogP contribution in [0, 0.1) is 0 Å². The Hall–Kier alpha value is -1.86. The summed E-state index contributed by atoms with van der Waals surface area (Å²) >= 11 is 3.39. The van der Waals surface area contributed by atoms with E-state index >= 15 is 0 Å². The van der Waals surface area contributed by atoms with Crippen molar-refractivity contribution in [1.29, 1.82) is 0 Å². The van der Waals surface area contributed by atoms with Gasteiger partial charge < -0.3 is 19.7 Å². The number of aromatic amines is 1. The molecule has 116 valence electrons. The highest BCUT2D eigenvalue weighted by molar-refractivity contribution is 9.10. The molecule has 1 saturated heterocycles. The zero-order valence-corrected chi connectivity index (χ0v) is 13.3. The van der Waals surface area contributed by atoms with E-state index in [1.54, 1.807) is 11.0 Å². The number of H-pyrrole nitrogens is 1. The number of nitrogens with one attached hydrogen (secondary N) is 1. The zero-order chi connectivity index (χ0) is 15.7. The van der Waals surface area contributed by atoms with Gasteiger partial charge in [0.05, 0.1) is 25.7 Å². The number of aromatic nitrogens is 1. The topological polar surface area (TPSA) is 82.6 Å². The highest BCUT2D eigenvalue weighted by atomic mass is 79.9. The minimum atomic E-state index is -0.936.